The molecule has 0 spiro atoms. The first kappa shape index (κ1) is 13.1. The van der Waals surface area contributed by atoms with Crippen LogP contribution in [0, 0.1) is 5.41 Å². The Morgan fingerprint density at radius 3 is 2.62 bits per heavy atom. The van der Waals surface area contributed by atoms with Gasteiger partial charge in [0.1, 0.15) is 0 Å². The summed E-state index contributed by atoms with van der Waals surface area (Å²) in [6.45, 7) is 7.65. The molecule has 0 aliphatic carbocycles. The largest absolute Gasteiger partial charge is 0.391 e. The molecule has 0 saturated carbocycles. The number of aliphatic hydroxyl groups excluding tert-OH is 1. The summed E-state index contributed by atoms with van der Waals surface area (Å²) < 4.78 is 0. The first-order valence-electron chi connectivity index (χ1n) is 5.65. The zero-order chi connectivity index (χ0) is 12.2. The number of nitrogens with zero attached hydrogens (tertiary/aromatic N) is 2. The minimum atomic E-state index is -0.311. The van der Waals surface area contributed by atoms with Crippen molar-refractivity contribution in [1.29, 1.82) is 0 Å². The summed E-state index contributed by atoms with van der Waals surface area (Å²) in [5, 5.41) is 9.98. The number of aliphatic hydroxyl groups is 1. The fraction of sp³-hybridized carbons (Fsp3) is 0.615. The standard InChI is InChI=1S/C13H22N2O/c1-13(2,3)12(16)10-15(4)9-11-6-5-7-14-8-11/h5-8,12,16H,9-10H2,1-4H3. The molecule has 0 bridgehead atoms. The predicted octanol–water partition coefficient (Wildman–Crippen LogP) is 1.92. The minimum absolute atomic E-state index is 0.0663. The highest BCUT2D eigenvalue weighted by atomic mass is 16.3. The van der Waals surface area contributed by atoms with Gasteiger partial charge >= 0.3 is 0 Å². The molecular formula is C13H22N2O. The second-order valence-corrected chi connectivity index (χ2v) is 5.44. The van der Waals surface area contributed by atoms with Crippen LogP contribution in [0.3, 0.4) is 0 Å². The smallest absolute Gasteiger partial charge is 0.0715 e. The van der Waals surface area contributed by atoms with Crippen LogP contribution < -0.4 is 0 Å². The van der Waals surface area contributed by atoms with Gasteiger partial charge in [0.15, 0.2) is 0 Å². The van der Waals surface area contributed by atoms with Crippen LogP contribution in [0.2, 0.25) is 0 Å². The molecule has 0 aromatic carbocycles. The molecule has 0 aliphatic rings. The molecule has 1 aromatic rings. The van der Waals surface area contributed by atoms with Crippen LogP contribution in [0.25, 0.3) is 0 Å². The van der Waals surface area contributed by atoms with E-state index in [0.29, 0.717) is 6.54 Å². The van der Waals surface area contributed by atoms with Crippen molar-refractivity contribution in [3.8, 4) is 0 Å². The van der Waals surface area contributed by atoms with Gasteiger partial charge in [-0.2, -0.15) is 0 Å². The lowest BCUT2D eigenvalue weighted by molar-refractivity contribution is 0.0333. The van der Waals surface area contributed by atoms with Crippen LogP contribution in [0.4, 0.5) is 0 Å². The number of hydrogen-bond donors (Lipinski definition) is 1. The second-order valence-electron chi connectivity index (χ2n) is 5.44. The van der Waals surface area contributed by atoms with Gasteiger partial charge in [-0.25, -0.2) is 0 Å². The molecule has 1 heterocycles. The van der Waals surface area contributed by atoms with Crippen molar-refractivity contribution >= 4 is 0 Å². The van der Waals surface area contributed by atoms with E-state index < -0.39 is 0 Å². The van der Waals surface area contributed by atoms with E-state index in [1.807, 2.05) is 25.4 Å². The SMILES string of the molecule is CN(Cc1cccnc1)CC(O)C(C)(C)C. The van der Waals surface area contributed by atoms with Crippen molar-refractivity contribution in [2.45, 2.75) is 33.4 Å². The van der Waals surface area contributed by atoms with Gasteiger partial charge in [0.05, 0.1) is 6.10 Å². The number of aromatic nitrogens is 1. The molecule has 1 N–H and O–H groups in total. The average molecular weight is 222 g/mol. The van der Waals surface area contributed by atoms with E-state index in [-0.39, 0.29) is 11.5 Å². The van der Waals surface area contributed by atoms with E-state index in [2.05, 4.69) is 30.7 Å². The zero-order valence-electron chi connectivity index (χ0n) is 10.6. The van der Waals surface area contributed by atoms with Crippen LogP contribution in [-0.4, -0.2) is 34.7 Å². The summed E-state index contributed by atoms with van der Waals surface area (Å²) in [7, 11) is 2.02. The topological polar surface area (TPSA) is 36.4 Å². The molecule has 0 amide bonds. The van der Waals surface area contributed by atoms with E-state index in [1.165, 1.54) is 5.56 Å². The molecule has 0 aliphatic heterocycles. The number of hydrogen-bond acceptors (Lipinski definition) is 3. The second kappa shape index (κ2) is 5.41. The molecule has 1 atom stereocenters. The van der Waals surface area contributed by atoms with Crippen LogP contribution in [0.15, 0.2) is 24.5 Å². The van der Waals surface area contributed by atoms with Crippen molar-refractivity contribution in [2.24, 2.45) is 5.41 Å². The quantitative estimate of drug-likeness (QED) is 0.845. The van der Waals surface area contributed by atoms with Crippen LogP contribution in [0.5, 0.6) is 0 Å². The minimum Gasteiger partial charge on any atom is -0.391 e. The van der Waals surface area contributed by atoms with E-state index in [0.717, 1.165) is 6.54 Å². The Morgan fingerprint density at radius 1 is 1.44 bits per heavy atom. The van der Waals surface area contributed by atoms with Gasteiger partial charge in [0, 0.05) is 25.5 Å². The zero-order valence-corrected chi connectivity index (χ0v) is 10.6. The van der Waals surface area contributed by atoms with Crippen molar-refractivity contribution in [1.82, 2.24) is 9.88 Å². The summed E-state index contributed by atoms with van der Waals surface area (Å²) in [4.78, 5) is 6.19. The maximum absolute atomic E-state index is 9.98. The predicted molar refractivity (Wildman–Crippen MR) is 66.0 cm³/mol. The molecule has 0 saturated heterocycles. The van der Waals surface area contributed by atoms with Gasteiger partial charge in [0.2, 0.25) is 0 Å². The summed E-state index contributed by atoms with van der Waals surface area (Å²) in [5.41, 5.74) is 1.11. The molecule has 1 aromatic heterocycles. The highest BCUT2D eigenvalue weighted by Crippen LogP contribution is 2.19. The van der Waals surface area contributed by atoms with Crippen molar-refractivity contribution in [3.05, 3.63) is 30.1 Å². The fourth-order valence-corrected chi connectivity index (χ4v) is 1.44. The third-order valence-electron chi connectivity index (χ3n) is 2.66. The van der Waals surface area contributed by atoms with Crippen LogP contribution in [0.1, 0.15) is 26.3 Å². The number of likely N-dealkylation sites (N-methyl/N-ethyl adjacent to an activating group) is 1. The Bertz CT molecular complexity index is 305. The van der Waals surface area contributed by atoms with Gasteiger partial charge in [-0.3, -0.25) is 9.88 Å². The van der Waals surface area contributed by atoms with Gasteiger partial charge in [-0.15, -0.1) is 0 Å². The Hall–Kier alpha value is -0.930. The third kappa shape index (κ3) is 4.29. The molecular weight excluding hydrogens is 200 g/mol. The Balaban J connectivity index is 2.45. The van der Waals surface area contributed by atoms with Crippen molar-refractivity contribution < 1.29 is 5.11 Å². The van der Waals surface area contributed by atoms with E-state index in [9.17, 15) is 5.11 Å². The summed E-state index contributed by atoms with van der Waals surface area (Å²) in [6.07, 6.45) is 3.32. The Labute approximate surface area is 98.1 Å². The first-order valence-corrected chi connectivity index (χ1v) is 5.65. The van der Waals surface area contributed by atoms with E-state index in [1.54, 1.807) is 6.20 Å². The van der Waals surface area contributed by atoms with Crippen LogP contribution >= 0.6 is 0 Å². The highest BCUT2D eigenvalue weighted by molar-refractivity contribution is 5.07. The number of pyridine rings is 1. The monoisotopic (exact) mass is 222 g/mol. The molecule has 0 fully saturated rings. The summed E-state index contributed by atoms with van der Waals surface area (Å²) in [6, 6.07) is 3.98. The summed E-state index contributed by atoms with van der Waals surface area (Å²) >= 11 is 0. The molecule has 0 radical (unpaired) electrons. The van der Waals surface area contributed by atoms with E-state index >= 15 is 0 Å². The number of rotatable bonds is 4. The third-order valence-corrected chi connectivity index (χ3v) is 2.66. The molecule has 16 heavy (non-hydrogen) atoms. The molecule has 1 unspecified atom stereocenters. The van der Waals surface area contributed by atoms with Gasteiger partial charge in [0.25, 0.3) is 0 Å². The Kier molecular flexibility index (Phi) is 4.44. The van der Waals surface area contributed by atoms with Crippen molar-refractivity contribution in [3.63, 3.8) is 0 Å². The van der Waals surface area contributed by atoms with Gasteiger partial charge in [-0.1, -0.05) is 26.8 Å². The molecule has 1 rings (SSSR count). The molecule has 90 valence electrons. The fourth-order valence-electron chi connectivity index (χ4n) is 1.44. The van der Waals surface area contributed by atoms with Crippen molar-refractivity contribution in [2.75, 3.05) is 13.6 Å². The normalized spacial score (nSPS) is 14.1. The van der Waals surface area contributed by atoms with Gasteiger partial charge in [-0.05, 0) is 24.1 Å². The lowest BCUT2D eigenvalue weighted by Gasteiger charge is -2.29. The average Bonchev–Trinajstić information content (AvgIpc) is 2.17. The lowest BCUT2D eigenvalue weighted by atomic mass is 9.89. The molecule has 3 nitrogen and oxygen atoms in total. The first-order chi connectivity index (χ1) is 7.39. The highest BCUT2D eigenvalue weighted by Gasteiger charge is 2.23. The van der Waals surface area contributed by atoms with Gasteiger partial charge < -0.3 is 5.11 Å². The maximum Gasteiger partial charge on any atom is 0.0715 e. The van der Waals surface area contributed by atoms with E-state index in [4.69, 9.17) is 0 Å². The maximum atomic E-state index is 9.98. The molecule has 3 heteroatoms. The lowest BCUT2D eigenvalue weighted by Crippen LogP contribution is -2.37. The Morgan fingerprint density at radius 2 is 2.12 bits per heavy atom. The summed E-state index contributed by atoms with van der Waals surface area (Å²) in [5.74, 6) is 0. The van der Waals surface area contributed by atoms with Crippen LogP contribution in [-0.2, 0) is 6.54 Å².